The van der Waals surface area contributed by atoms with Crippen molar-refractivity contribution in [3.05, 3.63) is 93.7 Å². The van der Waals surface area contributed by atoms with Crippen molar-refractivity contribution in [2.75, 3.05) is 10.8 Å². The molecule has 174 valence electrons. The summed E-state index contributed by atoms with van der Waals surface area (Å²) >= 11 is 11.9. The van der Waals surface area contributed by atoms with Gasteiger partial charge in [0.1, 0.15) is 11.9 Å². The van der Waals surface area contributed by atoms with Gasteiger partial charge in [0.25, 0.3) is 10.0 Å². The van der Waals surface area contributed by atoms with Crippen molar-refractivity contribution in [2.45, 2.75) is 31.2 Å². The lowest BCUT2D eigenvalue weighted by atomic mass is 10.1. The van der Waals surface area contributed by atoms with E-state index in [1.54, 1.807) is 0 Å². The molecule has 0 aliphatic carbocycles. The molecule has 0 saturated carbocycles. The van der Waals surface area contributed by atoms with E-state index in [4.69, 9.17) is 23.2 Å². The normalized spacial score (nSPS) is 12.3. The predicted molar refractivity (Wildman–Crippen MR) is 130 cm³/mol. The van der Waals surface area contributed by atoms with Gasteiger partial charge in [0.2, 0.25) is 5.91 Å². The van der Waals surface area contributed by atoms with E-state index in [1.807, 2.05) is 31.2 Å². The van der Waals surface area contributed by atoms with Gasteiger partial charge in [0.15, 0.2) is 0 Å². The van der Waals surface area contributed by atoms with Gasteiger partial charge >= 0.3 is 0 Å². The Labute approximate surface area is 203 Å². The van der Waals surface area contributed by atoms with Crippen LogP contribution in [0.15, 0.2) is 71.6 Å². The number of hydrogen-bond donors (Lipinski definition) is 1. The molecule has 0 unspecified atom stereocenters. The maximum atomic E-state index is 14.7. The van der Waals surface area contributed by atoms with Gasteiger partial charge in [-0.15, -0.1) is 0 Å². The molecule has 3 rings (SSSR count). The third-order valence-electron chi connectivity index (χ3n) is 5.08. The number of hydrogen-bond acceptors (Lipinski definition) is 3. The predicted octanol–water partition coefficient (Wildman–Crippen LogP) is 5.38. The molecule has 3 aromatic carbocycles. The highest BCUT2D eigenvalue weighted by Crippen LogP contribution is 2.31. The van der Waals surface area contributed by atoms with Crippen LogP contribution in [-0.2, 0) is 21.2 Å². The van der Waals surface area contributed by atoms with Crippen molar-refractivity contribution in [1.29, 1.82) is 0 Å². The van der Waals surface area contributed by atoms with Gasteiger partial charge in [0.05, 0.1) is 10.6 Å². The molecular weight excluding hydrogens is 486 g/mol. The molecule has 0 radical (unpaired) electrons. The van der Waals surface area contributed by atoms with Crippen LogP contribution in [0, 0.1) is 12.7 Å². The van der Waals surface area contributed by atoms with E-state index in [0.717, 1.165) is 21.5 Å². The fraction of sp³-hybridized carbons (Fsp3) is 0.208. The Morgan fingerprint density at radius 3 is 2.24 bits per heavy atom. The summed E-state index contributed by atoms with van der Waals surface area (Å²) in [6, 6.07) is 15.6. The number of carbonyl (C=O) groups excluding carboxylic acids is 1. The SMILES string of the molecule is Cc1ccc(CCNC(=O)[C@@H](C)N(c2cc(Cl)ccc2F)S(=O)(=O)c2ccc(Cl)cc2)cc1. The average Bonchev–Trinajstić information content (AvgIpc) is 2.77. The Morgan fingerprint density at radius 1 is 1.00 bits per heavy atom. The lowest BCUT2D eigenvalue weighted by Gasteiger charge is -2.30. The maximum Gasteiger partial charge on any atom is 0.265 e. The van der Waals surface area contributed by atoms with Crippen molar-refractivity contribution in [2.24, 2.45) is 0 Å². The van der Waals surface area contributed by atoms with Gasteiger partial charge in [0, 0.05) is 16.6 Å². The highest BCUT2D eigenvalue weighted by molar-refractivity contribution is 7.93. The van der Waals surface area contributed by atoms with Crippen LogP contribution in [0.25, 0.3) is 0 Å². The van der Waals surface area contributed by atoms with E-state index in [2.05, 4.69) is 5.32 Å². The van der Waals surface area contributed by atoms with Gasteiger partial charge in [-0.2, -0.15) is 0 Å². The van der Waals surface area contributed by atoms with Crippen molar-refractivity contribution in [3.63, 3.8) is 0 Å². The average molecular weight is 509 g/mol. The minimum absolute atomic E-state index is 0.134. The van der Waals surface area contributed by atoms with Gasteiger partial charge in [-0.05, 0) is 68.3 Å². The van der Waals surface area contributed by atoms with Gasteiger partial charge in [-0.3, -0.25) is 9.10 Å². The fourth-order valence-corrected chi connectivity index (χ4v) is 5.17. The number of sulfonamides is 1. The van der Waals surface area contributed by atoms with Gasteiger partial charge in [-0.1, -0.05) is 53.0 Å². The Morgan fingerprint density at radius 2 is 1.61 bits per heavy atom. The molecule has 0 spiro atoms. The third-order valence-corrected chi connectivity index (χ3v) is 7.47. The number of carbonyl (C=O) groups is 1. The molecule has 0 heterocycles. The molecule has 3 aromatic rings. The Balaban J connectivity index is 1.89. The maximum absolute atomic E-state index is 14.7. The van der Waals surface area contributed by atoms with Crippen molar-refractivity contribution >= 4 is 44.8 Å². The number of benzene rings is 3. The molecule has 33 heavy (non-hydrogen) atoms. The summed E-state index contributed by atoms with van der Waals surface area (Å²) < 4.78 is 42.4. The van der Waals surface area contributed by atoms with Crippen molar-refractivity contribution in [3.8, 4) is 0 Å². The lowest BCUT2D eigenvalue weighted by molar-refractivity contribution is -0.121. The molecule has 1 atom stereocenters. The van der Waals surface area contributed by atoms with Crippen LogP contribution in [0.3, 0.4) is 0 Å². The highest BCUT2D eigenvalue weighted by atomic mass is 35.5. The van der Waals surface area contributed by atoms with Crippen LogP contribution < -0.4 is 9.62 Å². The molecular formula is C24H23Cl2FN2O3S. The Bertz CT molecular complexity index is 1230. The van der Waals surface area contributed by atoms with E-state index in [0.29, 0.717) is 18.0 Å². The Kier molecular flexibility index (Phi) is 8.00. The van der Waals surface area contributed by atoms with Crippen LogP contribution in [0.4, 0.5) is 10.1 Å². The van der Waals surface area contributed by atoms with E-state index >= 15 is 0 Å². The molecule has 1 amide bonds. The topological polar surface area (TPSA) is 66.5 Å². The summed E-state index contributed by atoms with van der Waals surface area (Å²) in [6.07, 6.45) is 0.564. The zero-order valence-corrected chi connectivity index (χ0v) is 20.4. The minimum atomic E-state index is -4.32. The molecule has 0 fully saturated rings. The number of nitrogens with one attached hydrogen (secondary N) is 1. The van der Waals surface area contributed by atoms with E-state index in [1.165, 1.54) is 43.3 Å². The standard InChI is InChI=1S/C24H23Cl2FN2O3S/c1-16-3-5-18(6-4-16)13-14-28-24(30)17(2)29(23-15-20(26)9-12-22(23)27)33(31,32)21-10-7-19(25)8-11-21/h3-12,15,17H,13-14H2,1-2H3,(H,28,30)/t17-/m1/s1. The second-order valence-corrected chi connectivity index (χ2v) is 10.2. The molecule has 0 aliphatic heterocycles. The fourth-order valence-electron chi connectivity index (χ4n) is 3.26. The second kappa shape index (κ2) is 10.5. The lowest BCUT2D eigenvalue weighted by Crippen LogP contribution is -2.49. The minimum Gasteiger partial charge on any atom is -0.354 e. The third kappa shape index (κ3) is 6.05. The first kappa shape index (κ1) is 25.0. The second-order valence-electron chi connectivity index (χ2n) is 7.55. The molecule has 0 bridgehead atoms. The quantitative estimate of drug-likeness (QED) is 0.443. The largest absolute Gasteiger partial charge is 0.354 e. The number of halogens is 3. The van der Waals surface area contributed by atoms with Crippen LogP contribution >= 0.6 is 23.2 Å². The molecule has 0 saturated heterocycles. The monoisotopic (exact) mass is 508 g/mol. The van der Waals surface area contributed by atoms with Crippen LogP contribution in [-0.4, -0.2) is 26.9 Å². The zero-order chi connectivity index (χ0) is 24.2. The smallest absolute Gasteiger partial charge is 0.265 e. The highest BCUT2D eigenvalue weighted by Gasteiger charge is 2.35. The molecule has 5 nitrogen and oxygen atoms in total. The molecule has 1 N–H and O–H groups in total. The summed E-state index contributed by atoms with van der Waals surface area (Å²) in [5.41, 5.74) is 1.83. The number of rotatable bonds is 8. The number of amides is 1. The summed E-state index contributed by atoms with van der Waals surface area (Å²) in [5.74, 6) is -1.39. The van der Waals surface area contributed by atoms with Crippen LogP contribution in [0.2, 0.25) is 10.0 Å². The summed E-state index contributed by atoms with van der Waals surface area (Å²) in [4.78, 5) is 12.8. The first-order chi connectivity index (χ1) is 15.6. The van der Waals surface area contributed by atoms with E-state index in [-0.39, 0.29) is 15.6 Å². The van der Waals surface area contributed by atoms with Crippen molar-refractivity contribution < 1.29 is 17.6 Å². The van der Waals surface area contributed by atoms with Gasteiger partial charge in [-0.25, -0.2) is 12.8 Å². The Hall–Kier alpha value is -2.61. The molecule has 9 heteroatoms. The van der Waals surface area contributed by atoms with E-state index < -0.39 is 27.8 Å². The first-order valence-electron chi connectivity index (χ1n) is 10.2. The number of aryl methyl sites for hydroxylation is 1. The first-order valence-corrected chi connectivity index (χ1v) is 12.4. The number of anilines is 1. The molecule has 0 aromatic heterocycles. The van der Waals surface area contributed by atoms with E-state index in [9.17, 15) is 17.6 Å². The molecule has 0 aliphatic rings. The van der Waals surface area contributed by atoms with Crippen LogP contribution in [0.5, 0.6) is 0 Å². The zero-order valence-electron chi connectivity index (χ0n) is 18.1. The summed E-state index contributed by atoms with van der Waals surface area (Å²) in [6.45, 7) is 3.67. The number of nitrogens with zero attached hydrogens (tertiary/aromatic N) is 1. The summed E-state index contributed by atoms with van der Waals surface area (Å²) in [5, 5.41) is 3.22. The van der Waals surface area contributed by atoms with Crippen molar-refractivity contribution in [1.82, 2.24) is 5.32 Å². The van der Waals surface area contributed by atoms with Crippen LogP contribution in [0.1, 0.15) is 18.1 Å². The van der Waals surface area contributed by atoms with Gasteiger partial charge < -0.3 is 5.32 Å². The summed E-state index contributed by atoms with van der Waals surface area (Å²) in [7, 11) is -4.32.